The van der Waals surface area contributed by atoms with Crippen molar-refractivity contribution in [2.75, 3.05) is 20.3 Å². The first-order valence-electron chi connectivity index (χ1n) is 4.54. The summed E-state index contributed by atoms with van der Waals surface area (Å²) in [7, 11) is 3.58. The van der Waals surface area contributed by atoms with Crippen molar-refractivity contribution in [1.29, 1.82) is 0 Å². The first kappa shape index (κ1) is 11.5. The molecule has 5 heteroatoms. The van der Waals surface area contributed by atoms with Gasteiger partial charge in [0.2, 0.25) is 0 Å². The average molecular weight is 218 g/mol. The van der Waals surface area contributed by atoms with Crippen LogP contribution in [0.5, 0.6) is 0 Å². The number of methoxy groups -OCH3 is 1. The van der Waals surface area contributed by atoms with E-state index in [-0.39, 0.29) is 0 Å². The maximum absolute atomic E-state index is 6.07. The fourth-order valence-corrected chi connectivity index (χ4v) is 1.48. The van der Waals surface area contributed by atoms with Gasteiger partial charge in [-0.1, -0.05) is 11.6 Å². The lowest BCUT2D eigenvalue weighted by atomic mass is 10.3. The van der Waals surface area contributed by atoms with E-state index in [0.29, 0.717) is 6.61 Å². The summed E-state index contributed by atoms with van der Waals surface area (Å²) < 4.78 is 6.73. The molecule has 80 valence electrons. The van der Waals surface area contributed by atoms with Gasteiger partial charge in [0.05, 0.1) is 23.0 Å². The Morgan fingerprint density at radius 1 is 1.57 bits per heavy atom. The van der Waals surface area contributed by atoms with Crippen LogP contribution in [0.15, 0.2) is 0 Å². The van der Waals surface area contributed by atoms with E-state index >= 15 is 0 Å². The van der Waals surface area contributed by atoms with Gasteiger partial charge in [0.25, 0.3) is 0 Å². The number of nitrogens with zero attached hydrogens (tertiary/aromatic N) is 2. The zero-order valence-electron chi connectivity index (χ0n) is 8.80. The Morgan fingerprint density at radius 2 is 2.29 bits per heavy atom. The van der Waals surface area contributed by atoms with Crippen LogP contribution in [0.3, 0.4) is 0 Å². The Balaban J connectivity index is 2.49. The minimum absolute atomic E-state index is 0.703. The van der Waals surface area contributed by atoms with Crippen LogP contribution in [-0.2, 0) is 18.3 Å². The van der Waals surface area contributed by atoms with E-state index < -0.39 is 0 Å². The lowest BCUT2D eigenvalue weighted by molar-refractivity contribution is 0.199. The Hall–Kier alpha value is -0.580. The van der Waals surface area contributed by atoms with Crippen molar-refractivity contribution in [3.05, 3.63) is 16.4 Å². The second-order valence-electron chi connectivity index (χ2n) is 3.14. The molecule has 1 rings (SSSR count). The van der Waals surface area contributed by atoms with Crippen molar-refractivity contribution < 1.29 is 4.74 Å². The summed E-state index contributed by atoms with van der Waals surface area (Å²) in [6.45, 7) is 4.14. The fourth-order valence-electron chi connectivity index (χ4n) is 1.25. The molecule has 0 bridgehead atoms. The summed E-state index contributed by atoms with van der Waals surface area (Å²) in [5.74, 6) is 0. The first-order chi connectivity index (χ1) is 6.66. The van der Waals surface area contributed by atoms with Gasteiger partial charge in [-0.2, -0.15) is 5.10 Å². The summed E-state index contributed by atoms with van der Waals surface area (Å²) in [6.07, 6.45) is 0. The molecule has 0 aliphatic rings. The van der Waals surface area contributed by atoms with Gasteiger partial charge in [0, 0.05) is 27.2 Å². The van der Waals surface area contributed by atoms with E-state index in [1.54, 1.807) is 11.8 Å². The van der Waals surface area contributed by atoms with Crippen molar-refractivity contribution in [3.8, 4) is 0 Å². The summed E-state index contributed by atoms with van der Waals surface area (Å²) in [5, 5.41) is 8.20. The van der Waals surface area contributed by atoms with E-state index in [1.165, 1.54) is 0 Å². The van der Waals surface area contributed by atoms with Crippen molar-refractivity contribution in [3.63, 3.8) is 0 Å². The largest absolute Gasteiger partial charge is 0.383 e. The van der Waals surface area contributed by atoms with E-state index in [1.807, 2.05) is 14.0 Å². The maximum Gasteiger partial charge on any atom is 0.0860 e. The highest BCUT2D eigenvalue weighted by Gasteiger charge is 2.09. The monoisotopic (exact) mass is 217 g/mol. The summed E-state index contributed by atoms with van der Waals surface area (Å²) in [6, 6.07) is 0. The molecule has 1 N–H and O–H groups in total. The third kappa shape index (κ3) is 2.70. The highest BCUT2D eigenvalue weighted by atomic mass is 35.5. The Labute approximate surface area is 89.2 Å². The molecule has 0 saturated heterocycles. The zero-order valence-corrected chi connectivity index (χ0v) is 9.56. The number of nitrogens with one attached hydrogen (secondary N) is 1. The predicted octanol–water partition coefficient (Wildman–Crippen LogP) is 1.12. The predicted molar refractivity (Wildman–Crippen MR) is 56.5 cm³/mol. The number of ether oxygens (including phenoxy) is 1. The lowest BCUT2D eigenvalue weighted by Gasteiger charge is -2.04. The molecule has 0 radical (unpaired) electrons. The van der Waals surface area contributed by atoms with Gasteiger partial charge >= 0.3 is 0 Å². The quantitative estimate of drug-likeness (QED) is 0.752. The molecule has 0 aliphatic heterocycles. The van der Waals surface area contributed by atoms with E-state index in [2.05, 4.69) is 10.4 Å². The average Bonchev–Trinajstić information content (AvgIpc) is 2.38. The molecule has 0 amide bonds. The van der Waals surface area contributed by atoms with Crippen LogP contribution in [0.25, 0.3) is 0 Å². The minimum Gasteiger partial charge on any atom is -0.383 e. The Bertz CT molecular complexity index is 298. The highest BCUT2D eigenvalue weighted by Crippen LogP contribution is 2.18. The Kier molecular flexibility index (Phi) is 4.38. The first-order valence-corrected chi connectivity index (χ1v) is 4.92. The number of aromatic nitrogens is 2. The molecule has 0 aliphatic carbocycles. The van der Waals surface area contributed by atoms with Gasteiger partial charge < -0.3 is 10.1 Å². The molecule has 1 aromatic heterocycles. The van der Waals surface area contributed by atoms with Crippen LogP contribution in [0.1, 0.15) is 11.4 Å². The molecule has 0 atom stereocenters. The summed E-state index contributed by atoms with van der Waals surface area (Å²) >= 11 is 6.07. The molecular formula is C9H16ClN3O. The second-order valence-corrected chi connectivity index (χ2v) is 3.52. The van der Waals surface area contributed by atoms with Crippen LogP contribution in [0.4, 0.5) is 0 Å². The smallest absolute Gasteiger partial charge is 0.0860 e. The molecule has 0 saturated carbocycles. The lowest BCUT2D eigenvalue weighted by Crippen LogP contribution is -2.20. The Morgan fingerprint density at radius 3 is 2.79 bits per heavy atom. The number of rotatable bonds is 5. The van der Waals surface area contributed by atoms with Crippen molar-refractivity contribution in [1.82, 2.24) is 15.1 Å². The van der Waals surface area contributed by atoms with Crippen LogP contribution in [0, 0.1) is 6.92 Å². The molecule has 1 aromatic rings. The van der Waals surface area contributed by atoms with Gasteiger partial charge in [0.15, 0.2) is 0 Å². The molecule has 14 heavy (non-hydrogen) atoms. The highest BCUT2D eigenvalue weighted by molar-refractivity contribution is 6.31. The fraction of sp³-hybridized carbons (Fsp3) is 0.667. The number of hydrogen-bond acceptors (Lipinski definition) is 3. The van der Waals surface area contributed by atoms with Crippen LogP contribution in [-0.4, -0.2) is 30.0 Å². The third-order valence-corrected chi connectivity index (χ3v) is 2.53. The normalized spacial score (nSPS) is 10.9. The number of hydrogen-bond donors (Lipinski definition) is 1. The standard InChI is InChI=1S/C9H16ClN3O/c1-7-9(10)8(13(2)12-7)6-11-4-5-14-3/h11H,4-6H2,1-3H3. The van der Waals surface area contributed by atoms with E-state index in [0.717, 1.165) is 29.5 Å². The van der Waals surface area contributed by atoms with Crippen molar-refractivity contribution in [2.24, 2.45) is 7.05 Å². The van der Waals surface area contributed by atoms with E-state index in [9.17, 15) is 0 Å². The molecular weight excluding hydrogens is 202 g/mol. The van der Waals surface area contributed by atoms with Crippen LogP contribution >= 0.6 is 11.6 Å². The SMILES string of the molecule is COCCNCc1c(Cl)c(C)nn1C. The zero-order chi connectivity index (χ0) is 10.6. The molecule has 0 unspecified atom stereocenters. The molecule has 0 aromatic carbocycles. The summed E-state index contributed by atoms with van der Waals surface area (Å²) in [5.41, 5.74) is 1.89. The molecule has 4 nitrogen and oxygen atoms in total. The van der Waals surface area contributed by atoms with Crippen molar-refractivity contribution in [2.45, 2.75) is 13.5 Å². The summed E-state index contributed by atoms with van der Waals surface area (Å²) in [4.78, 5) is 0. The van der Waals surface area contributed by atoms with Gasteiger partial charge in [-0.25, -0.2) is 0 Å². The molecule has 1 heterocycles. The maximum atomic E-state index is 6.07. The van der Waals surface area contributed by atoms with Gasteiger partial charge in [-0.15, -0.1) is 0 Å². The molecule has 0 fully saturated rings. The number of halogens is 1. The molecule has 0 spiro atoms. The van der Waals surface area contributed by atoms with Gasteiger partial charge in [0.1, 0.15) is 0 Å². The van der Waals surface area contributed by atoms with Gasteiger partial charge in [-0.05, 0) is 6.92 Å². The van der Waals surface area contributed by atoms with Crippen LogP contribution < -0.4 is 5.32 Å². The second kappa shape index (κ2) is 5.34. The minimum atomic E-state index is 0.703. The van der Waals surface area contributed by atoms with E-state index in [4.69, 9.17) is 16.3 Å². The topological polar surface area (TPSA) is 39.1 Å². The van der Waals surface area contributed by atoms with Crippen LogP contribution in [0.2, 0.25) is 5.02 Å². The number of aryl methyl sites for hydroxylation is 2. The van der Waals surface area contributed by atoms with Gasteiger partial charge in [-0.3, -0.25) is 4.68 Å². The van der Waals surface area contributed by atoms with Crippen molar-refractivity contribution >= 4 is 11.6 Å². The third-order valence-electron chi connectivity index (χ3n) is 2.04.